The zero-order valence-corrected chi connectivity index (χ0v) is 9.27. The Kier molecular flexibility index (Phi) is 2.73. The summed E-state index contributed by atoms with van der Waals surface area (Å²) >= 11 is 0. The fraction of sp³-hybridized carbons (Fsp3) is 0.417. The summed E-state index contributed by atoms with van der Waals surface area (Å²) < 4.78 is 1.94. The summed E-state index contributed by atoms with van der Waals surface area (Å²) in [6.45, 7) is 2.03. The fourth-order valence-electron chi connectivity index (χ4n) is 1.84. The van der Waals surface area contributed by atoms with E-state index in [0.29, 0.717) is 0 Å². The van der Waals surface area contributed by atoms with E-state index >= 15 is 0 Å². The van der Waals surface area contributed by atoms with Gasteiger partial charge in [0.25, 0.3) is 0 Å². The SMILES string of the molecule is C[C@@H](N)CCc1nn(C)c2ccccc12. The summed E-state index contributed by atoms with van der Waals surface area (Å²) in [6.07, 6.45) is 1.94. The second kappa shape index (κ2) is 4.03. The molecule has 0 amide bonds. The first-order chi connectivity index (χ1) is 7.18. The summed E-state index contributed by atoms with van der Waals surface area (Å²) in [5, 5.41) is 5.77. The summed E-state index contributed by atoms with van der Waals surface area (Å²) in [5.41, 5.74) is 8.11. The van der Waals surface area contributed by atoms with Crippen molar-refractivity contribution in [1.82, 2.24) is 9.78 Å². The molecule has 0 aliphatic carbocycles. The number of hydrogen-bond donors (Lipinski definition) is 1. The summed E-state index contributed by atoms with van der Waals surface area (Å²) in [6, 6.07) is 8.56. The molecule has 1 aromatic carbocycles. The molecule has 3 nitrogen and oxygen atoms in total. The molecular formula is C12H17N3. The Morgan fingerprint density at radius 2 is 2.13 bits per heavy atom. The molecule has 0 aliphatic rings. The highest BCUT2D eigenvalue weighted by molar-refractivity contribution is 5.81. The lowest BCUT2D eigenvalue weighted by Crippen LogP contribution is -2.15. The van der Waals surface area contributed by atoms with Crippen molar-refractivity contribution in [3.05, 3.63) is 30.0 Å². The molecule has 80 valence electrons. The largest absolute Gasteiger partial charge is 0.328 e. The summed E-state index contributed by atoms with van der Waals surface area (Å²) in [7, 11) is 1.98. The molecule has 1 atom stereocenters. The Morgan fingerprint density at radius 1 is 1.40 bits per heavy atom. The highest BCUT2D eigenvalue weighted by Gasteiger charge is 2.07. The Labute approximate surface area is 89.9 Å². The third-order valence-electron chi connectivity index (χ3n) is 2.67. The van der Waals surface area contributed by atoms with Gasteiger partial charge in [0.05, 0.1) is 11.2 Å². The first kappa shape index (κ1) is 10.2. The maximum absolute atomic E-state index is 5.76. The standard InChI is InChI=1S/C12H17N3/c1-9(13)7-8-11-10-5-3-4-6-12(10)15(2)14-11/h3-6,9H,7-8,13H2,1-2H3/t9-/m1/s1. The van der Waals surface area contributed by atoms with Crippen molar-refractivity contribution in [2.45, 2.75) is 25.8 Å². The van der Waals surface area contributed by atoms with Crippen LogP contribution in [0.2, 0.25) is 0 Å². The lowest BCUT2D eigenvalue weighted by atomic mass is 10.1. The first-order valence-electron chi connectivity index (χ1n) is 5.34. The lowest BCUT2D eigenvalue weighted by molar-refractivity contribution is 0.648. The topological polar surface area (TPSA) is 43.8 Å². The van der Waals surface area contributed by atoms with Gasteiger partial charge in [-0.1, -0.05) is 18.2 Å². The molecule has 15 heavy (non-hydrogen) atoms. The first-order valence-corrected chi connectivity index (χ1v) is 5.34. The molecule has 0 radical (unpaired) electrons. The van der Waals surface area contributed by atoms with Crippen molar-refractivity contribution in [3.8, 4) is 0 Å². The van der Waals surface area contributed by atoms with Crippen molar-refractivity contribution in [3.63, 3.8) is 0 Å². The van der Waals surface area contributed by atoms with Crippen molar-refractivity contribution < 1.29 is 0 Å². The van der Waals surface area contributed by atoms with Crippen molar-refractivity contribution in [2.24, 2.45) is 12.8 Å². The molecule has 2 N–H and O–H groups in total. The number of nitrogens with two attached hydrogens (primary N) is 1. The van der Waals surface area contributed by atoms with Gasteiger partial charge in [-0.05, 0) is 25.8 Å². The van der Waals surface area contributed by atoms with Crippen molar-refractivity contribution >= 4 is 10.9 Å². The van der Waals surface area contributed by atoms with Crippen molar-refractivity contribution in [2.75, 3.05) is 0 Å². The zero-order valence-electron chi connectivity index (χ0n) is 9.27. The molecule has 0 bridgehead atoms. The van der Waals surface area contributed by atoms with Gasteiger partial charge in [0.2, 0.25) is 0 Å². The summed E-state index contributed by atoms with van der Waals surface area (Å²) in [4.78, 5) is 0. The molecule has 1 aromatic heterocycles. The highest BCUT2D eigenvalue weighted by Crippen LogP contribution is 2.18. The molecule has 0 fully saturated rings. The van der Waals surface area contributed by atoms with Gasteiger partial charge >= 0.3 is 0 Å². The van der Waals surface area contributed by atoms with Gasteiger partial charge < -0.3 is 5.73 Å². The van der Waals surface area contributed by atoms with Crippen LogP contribution in [0, 0.1) is 0 Å². The second-order valence-corrected chi connectivity index (χ2v) is 4.10. The number of benzene rings is 1. The molecule has 0 saturated heterocycles. The van der Waals surface area contributed by atoms with E-state index in [9.17, 15) is 0 Å². The maximum Gasteiger partial charge on any atom is 0.0703 e. The van der Waals surface area contributed by atoms with Gasteiger partial charge in [-0.3, -0.25) is 4.68 Å². The normalized spacial score (nSPS) is 13.3. The van der Waals surface area contributed by atoms with E-state index in [4.69, 9.17) is 5.73 Å². The second-order valence-electron chi connectivity index (χ2n) is 4.10. The van der Waals surface area contributed by atoms with E-state index in [2.05, 4.69) is 23.3 Å². The van der Waals surface area contributed by atoms with E-state index in [1.165, 1.54) is 10.9 Å². The lowest BCUT2D eigenvalue weighted by Gasteiger charge is -2.01. The number of nitrogens with zero attached hydrogens (tertiary/aromatic N) is 2. The molecule has 0 aliphatic heterocycles. The molecule has 2 aromatic rings. The van der Waals surface area contributed by atoms with Crippen LogP contribution >= 0.6 is 0 Å². The quantitative estimate of drug-likeness (QED) is 0.827. The predicted molar refractivity (Wildman–Crippen MR) is 62.7 cm³/mol. The fourth-order valence-corrected chi connectivity index (χ4v) is 1.84. The minimum absolute atomic E-state index is 0.241. The third kappa shape index (κ3) is 2.02. The van der Waals surface area contributed by atoms with E-state index in [-0.39, 0.29) is 6.04 Å². The van der Waals surface area contributed by atoms with Crippen LogP contribution in [0.25, 0.3) is 10.9 Å². The van der Waals surface area contributed by atoms with Crippen LogP contribution in [0.1, 0.15) is 19.0 Å². The van der Waals surface area contributed by atoms with Crippen molar-refractivity contribution in [1.29, 1.82) is 0 Å². The minimum atomic E-state index is 0.241. The van der Waals surface area contributed by atoms with Crippen LogP contribution in [-0.2, 0) is 13.5 Å². The van der Waals surface area contributed by atoms with E-state index in [1.54, 1.807) is 0 Å². The zero-order chi connectivity index (χ0) is 10.8. The number of para-hydroxylation sites is 1. The molecule has 3 heteroatoms. The molecule has 0 unspecified atom stereocenters. The van der Waals surface area contributed by atoms with Gasteiger partial charge in [0.15, 0.2) is 0 Å². The Balaban J connectivity index is 2.35. The highest BCUT2D eigenvalue weighted by atomic mass is 15.3. The smallest absolute Gasteiger partial charge is 0.0703 e. The van der Waals surface area contributed by atoms with Crippen LogP contribution in [0.4, 0.5) is 0 Å². The van der Waals surface area contributed by atoms with Crippen LogP contribution < -0.4 is 5.73 Å². The van der Waals surface area contributed by atoms with Gasteiger partial charge in [-0.15, -0.1) is 0 Å². The average molecular weight is 203 g/mol. The van der Waals surface area contributed by atoms with Gasteiger partial charge in [-0.2, -0.15) is 5.10 Å². The number of aromatic nitrogens is 2. The number of rotatable bonds is 3. The van der Waals surface area contributed by atoms with Gasteiger partial charge in [0, 0.05) is 18.5 Å². The monoisotopic (exact) mass is 203 g/mol. The molecule has 0 spiro atoms. The number of hydrogen-bond acceptors (Lipinski definition) is 2. The summed E-state index contributed by atoms with van der Waals surface area (Å²) in [5.74, 6) is 0. The van der Waals surface area contributed by atoms with E-state index in [1.807, 2.05) is 24.7 Å². The van der Waals surface area contributed by atoms with Crippen LogP contribution in [0.5, 0.6) is 0 Å². The third-order valence-corrected chi connectivity index (χ3v) is 2.67. The Hall–Kier alpha value is -1.35. The van der Waals surface area contributed by atoms with E-state index < -0.39 is 0 Å². The van der Waals surface area contributed by atoms with Crippen LogP contribution in [0.15, 0.2) is 24.3 Å². The molecular weight excluding hydrogens is 186 g/mol. The number of aryl methyl sites for hydroxylation is 2. The Bertz CT molecular complexity index is 457. The maximum atomic E-state index is 5.76. The molecule has 0 saturated carbocycles. The van der Waals surface area contributed by atoms with Crippen LogP contribution in [0.3, 0.4) is 0 Å². The molecule has 1 heterocycles. The van der Waals surface area contributed by atoms with Crippen LogP contribution in [-0.4, -0.2) is 15.8 Å². The predicted octanol–water partition coefficient (Wildman–Crippen LogP) is 1.85. The Morgan fingerprint density at radius 3 is 2.87 bits per heavy atom. The van der Waals surface area contributed by atoms with Gasteiger partial charge in [0.1, 0.15) is 0 Å². The van der Waals surface area contributed by atoms with Gasteiger partial charge in [-0.25, -0.2) is 0 Å². The average Bonchev–Trinajstić information content (AvgIpc) is 2.54. The minimum Gasteiger partial charge on any atom is -0.328 e. The molecule has 2 rings (SSSR count). The number of fused-ring (bicyclic) bond motifs is 1. The van der Waals surface area contributed by atoms with E-state index in [0.717, 1.165) is 18.5 Å².